The molecule has 0 radical (unpaired) electrons. The number of unbranched alkanes of at least 4 members (excludes halogenated alkanes) is 5. The summed E-state index contributed by atoms with van der Waals surface area (Å²) in [4.78, 5) is 25.6. The van der Waals surface area contributed by atoms with E-state index in [4.69, 9.17) is 4.74 Å². The number of carboxylic acids is 1. The van der Waals surface area contributed by atoms with Crippen LogP contribution in [0.4, 0.5) is 4.79 Å². The van der Waals surface area contributed by atoms with Crippen LogP contribution >= 0.6 is 0 Å². The van der Waals surface area contributed by atoms with Crippen molar-refractivity contribution in [3.05, 3.63) is 0 Å². The molecule has 0 saturated carbocycles. The van der Waals surface area contributed by atoms with Gasteiger partial charge in [-0.25, -0.2) is 4.79 Å². The lowest BCUT2D eigenvalue weighted by Gasteiger charge is -2.33. The minimum Gasteiger partial charge on any atom is -0.481 e. The van der Waals surface area contributed by atoms with E-state index in [9.17, 15) is 14.7 Å². The van der Waals surface area contributed by atoms with Crippen LogP contribution in [0, 0.1) is 11.3 Å². The van der Waals surface area contributed by atoms with Gasteiger partial charge in [0.15, 0.2) is 0 Å². The molecule has 2 heterocycles. The van der Waals surface area contributed by atoms with Crippen LogP contribution in [0.2, 0.25) is 0 Å². The van der Waals surface area contributed by atoms with E-state index in [2.05, 4.69) is 12.2 Å². The van der Waals surface area contributed by atoms with Gasteiger partial charge in [-0.2, -0.15) is 0 Å². The van der Waals surface area contributed by atoms with Crippen LogP contribution in [-0.4, -0.2) is 54.9 Å². The zero-order chi connectivity index (χ0) is 16.7. The summed E-state index contributed by atoms with van der Waals surface area (Å²) >= 11 is 0. The lowest BCUT2D eigenvalue weighted by molar-refractivity contribution is -0.159. The monoisotopic (exact) mass is 326 g/mol. The van der Waals surface area contributed by atoms with Crippen molar-refractivity contribution < 1.29 is 19.4 Å². The molecule has 2 rings (SSSR count). The zero-order valence-corrected chi connectivity index (χ0v) is 14.2. The summed E-state index contributed by atoms with van der Waals surface area (Å²) in [5, 5.41) is 12.5. The van der Waals surface area contributed by atoms with Crippen molar-refractivity contribution in [1.82, 2.24) is 10.2 Å². The Morgan fingerprint density at radius 1 is 1.26 bits per heavy atom. The van der Waals surface area contributed by atoms with Crippen LogP contribution in [0.25, 0.3) is 0 Å². The van der Waals surface area contributed by atoms with E-state index in [1.54, 1.807) is 4.90 Å². The Labute approximate surface area is 138 Å². The number of ether oxygens (including phenoxy) is 1. The largest absolute Gasteiger partial charge is 0.481 e. The van der Waals surface area contributed by atoms with E-state index in [1.807, 2.05) is 0 Å². The number of hydrogen-bond acceptors (Lipinski definition) is 3. The Hall–Kier alpha value is -1.30. The molecule has 2 atom stereocenters. The molecule has 0 aromatic carbocycles. The fraction of sp³-hybridized carbons (Fsp3) is 0.882. The maximum atomic E-state index is 12.3. The molecule has 2 amide bonds. The molecule has 2 aliphatic rings. The van der Waals surface area contributed by atoms with Gasteiger partial charge in [0.25, 0.3) is 0 Å². The van der Waals surface area contributed by atoms with Crippen LogP contribution in [-0.2, 0) is 9.53 Å². The highest BCUT2D eigenvalue weighted by Gasteiger charge is 2.55. The number of amides is 2. The molecule has 0 unspecified atom stereocenters. The normalized spacial score (nSPS) is 26.8. The summed E-state index contributed by atoms with van der Waals surface area (Å²) < 4.78 is 5.38. The summed E-state index contributed by atoms with van der Waals surface area (Å²) in [5.74, 6) is -0.832. The first kappa shape index (κ1) is 18.0. The Kier molecular flexibility index (Phi) is 6.69. The smallest absolute Gasteiger partial charge is 0.317 e. The number of rotatable bonds is 8. The van der Waals surface area contributed by atoms with Crippen molar-refractivity contribution in [3.63, 3.8) is 0 Å². The van der Waals surface area contributed by atoms with Gasteiger partial charge in [-0.1, -0.05) is 39.0 Å². The van der Waals surface area contributed by atoms with Crippen LogP contribution in [0.15, 0.2) is 0 Å². The molecule has 6 nitrogen and oxygen atoms in total. The van der Waals surface area contributed by atoms with Gasteiger partial charge in [0, 0.05) is 26.2 Å². The predicted molar refractivity (Wildman–Crippen MR) is 87.3 cm³/mol. The summed E-state index contributed by atoms with van der Waals surface area (Å²) in [6.45, 7) is 4.46. The Morgan fingerprint density at radius 2 is 2.00 bits per heavy atom. The minimum absolute atomic E-state index is 0.00791. The molecule has 23 heavy (non-hydrogen) atoms. The third kappa shape index (κ3) is 4.37. The number of carbonyl (C=O) groups excluding carboxylic acids is 1. The van der Waals surface area contributed by atoms with Crippen molar-refractivity contribution in [2.24, 2.45) is 11.3 Å². The first-order valence-electron chi connectivity index (χ1n) is 8.94. The molecule has 2 fully saturated rings. The highest BCUT2D eigenvalue weighted by atomic mass is 16.5. The lowest BCUT2D eigenvalue weighted by Crippen LogP contribution is -2.47. The van der Waals surface area contributed by atoms with Crippen molar-refractivity contribution in [1.29, 1.82) is 0 Å². The molecule has 6 heteroatoms. The van der Waals surface area contributed by atoms with Crippen LogP contribution in [0.1, 0.15) is 51.9 Å². The van der Waals surface area contributed by atoms with Gasteiger partial charge in [-0.05, 0) is 18.8 Å². The number of nitrogens with zero attached hydrogens (tertiary/aromatic N) is 1. The zero-order valence-electron chi connectivity index (χ0n) is 14.2. The SMILES string of the molecule is CCCCCCCCNC(=O)N1C[C@@H]2CCOC[C@]2(C(=O)O)C1. The standard InChI is InChI=1S/C17H30N2O4/c1-2-3-4-5-6-7-9-18-16(22)19-11-14-8-10-23-13-17(14,12-19)15(20)21/h14H,2-13H2,1H3,(H,18,22)(H,20,21)/t14-,17+/m0/s1. The van der Waals surface area contributed by atoms with E-state index in [0.29, 0.717) is 26.1 Å². The van der Waals surface area contributed by atoms with Gasteiger partial charge in [0.05, 0.1) is 6.61 Å². The van der Waals surface area contributed by atoms with Gasteiger partial charge in [-0.15, -0.1) is 0 Å². The fourth-order valence-electron chi connectivity index (χ4n) is 3.66. The number of urea groups is 1. The molecule has 2 aliphatic heterocycles. The molecule has 0 bridgehead atoms. The topological polar surface area (TPSA) is 78.9 Å². The average molecular weight is 326 g/mol. The van der Waals surface area contributed by atoms with Gasteiger partial charge < -0.3 is 20.1 Å². The molecule has 0 spiro atoms. The first-order chi connectivity index (χ1) is 11.1. The number of hydrogen-bond donors (Lipinski definition) is 2. The van der Waals surface area contributed by atoms with Crippen molar-refractivity contribution in [2.75, 3.05) is 32.8 Å². The van der Waals surface area contributed by atoms with E-state index >= 15 is 0 Å². The second-order valence-electron chi connectivity index (χ2n) is 6.88. The average Bonchev–Trinajstić information content (AvgIpc) is 2.95. The fourth-order valence-corrected chi connectivity index (χ4v) is 3.66. The Bertz CT molecular complexity index is 415. The van der Waals surface area contributed by atoms with E-state index in [0.717, 1.165) is 12.8 Å². The third-order valence-electron chi connectivity index (χ3n) is 5.19. The summed E-state index contributed by atoms with van der Waals surface area (Å²) in [6, 6.07) is -0.131. The van der Waals surface area contributed by atoms with E-state index in [1.165, 1.54) is 25.7 Å². The van der Waals surface area contributed by atoms with Gasteiger partial charge >= 0.3 is 12.0 Å². The summed E-state index contributed by atoms with van der Waals surface area (Å²) in [5.41, 5.74) is -0.907. The molecular formula is C17H30N2O4. The van der Waals surface area contributed by atoms with Gasteiger partial charge in [-0.3, -0.25) is 4.79 Å². The number of likely N-dealkylation sites (tertiary alicyclic amines) is 1. The molecule has 0 aliphatic carbocycles. The quantitative estimate of drug-likeness (QED) is 0.672. The van der Waals surface area contributed by atoms with Crippen LogP contribution in [0.3, 0.4) is 0 Å². The van der Waals surface area contributed by atoms with Crippen LogP contribution < -0.4 is 5.32 Å². The maximum Gasteiger partial charge on any atom is 0.317 e. The molecule has 0 aromatic heterocycles. The molecule has 0 aromatic rings. The Morgan fingerprint density at radius 3 is 2.70 bits per heavy atom. The number of aliphatic carboxylic acids is 1. The number of carboxylic acid groups (broad SMARTS) is 1. The highest BCUT2D eigenvalue weighted by molar-refractivity contribution is 5.80. The molecule has 132 valence electrons. The molecule has 2 saturated heterocycles. The van der Waals surface area contributed by atoms with Crippen molar-refractivity contribution in [2.45, 2.75) is 51.9 Å². The predicted octanol–water partition coefficient (Wildman–Crippen LogP) is 2.48. The first-order valence-corrected chi connectivity index (χ1v) is 8.94. The van der Waals surface area contributed by atoms with Crippen molar-refractivity contribution in [3.8, 4) is 0 Å². The summed E-state index contributed by atoms with van der Waals surface area (Å²) in [6.07, 6.45) is 7.83. The summed E-state index contributed by atoms with van der Waals surface area (Å²) in [7, 11) is 0. The lowest BCUT2D eigenvalue weighted by atomic mass is 9.76. The number of fused-ring (bicyclic) bond motifs is 1. The number of carbonyl (C=O) groups is 2. The third-order valence-corrected chi connectivity index (χ3v) is 5.19. The maximum absolute atomic E-state index is 12.3. The van der Waals surface area contributed by atoms with Gasteiger partial charge in [0.1, 0.15) is 5.41 Å². The van der Waals surface area contributed by atoms with Crippen LogP contribution in [0.5, 0.6) is 0 Å². The van der Waals surface area contributed by atoms with E-state index in [-0.39, 0.29) is 25.1 Å². The number of nitrogens with one attached hydrogen (secondary N) is 1. The highest BCUT2D eigenvalue weighted by Crippen LogP contribution is 2.41. The minimum atomic E-state index is -0.907. The van der Waals surface area contributed by atoms with Crippen molar-refractivity contribution >= 4 is 12.0 Å². The Balaban J connectivity index is 1.73. The second-order valence-corrected chi connectivity index (χ2v) is 6.88. The second kappa shape index (κ2) is 8.52. The molecule has 2 N–H and O–H groups in total. The van der Waals surface area contributed by atoms with Gasteiger partial charge in [0.2, 0.25) is 0 Å². The molecular weight excluding hydrogens is 296 g/mol. The van der Waals surface area contributed by atoms with E-state index < -0.39 is 11.4 Å².